The first kappa shape index (κ1) is 10.5. The third-order valence-electron chi connectivity index (χ3n) is 1.86. The predicted octanol–water partition coefficient (Wildman–Crippen LogP) is 4.13. The summed E-state index contributed by atoms with van der Waals surface area (Å²) in [4.78, 5) is 0. The van der Waals surface area contributed by atoms with Crippen molar-refractivity contribution in [2.24, 2.45) is 0 Å². The Kier molecular flexibility index (Phi) is 3.86. The zero-order chi connectivity index (χ0) is 10.4. The summed E-state index contributed by atoms with van der Waals surface area (Å²) in [5.74, 6) is -0.277. The first-order valence-corrected chi connectivity index (χ1v) is 4.46. The molecule has 0 aliphatic heterocycles. The smallest absolute Gasteiger partial charge is 0.123 e. The molecular formula is C13H13F. The lowest BCUT2D eigenvalue weighted by molar-refractivity contribution is 0.667. The Hall–Kier alpha value is -1.63. The van der Waals surface area contributed by atoms with E-state index in [2.05, 4.69) is 6.58 Å². The van der Waals surface area contributed by atoms with Crippen LogP contribution in [-0.2, 0) is 0 Å². The number of hydrogen-bond acceptors (Lipinski definition) is 0. The van der Waals surface area contributed by atoms with E-state index >= 15 is 0 Å². The molecule has 14 heavy (non-hydrogen) atoms. The minimum absolute atomic E-state index is 0.277. The van der Waals surface area contributed by atoms with Gasteiger partial charge in [-0.05, 0) is 30.2 Å². The number of rotatable bonds is 3. The van der Waals surface area contributed by atoms with Crippen LogP contribution in [0.2, 0.25) is 0 Å². The lowest BCUT2D eigenvalue weighted by atomic mass is 10.1. The van der Waals surface area contributed by atoms with Gasteiger partial charge >= 0.3 is 0 Å². The molecule has 0 spiro atoms. The van der Waals surface area contributed by atoms with Gasteiger partial charge in [-0.1, -0.05) is 43.0 Å². The van der Waals surface area contributed by atoms with Crippen LogP contribution in [0.5, 0.6) is 0 Å². The molecule has 0 saturated heterocycles. The minimum Gasteiger partial charge on any atom is -0.207 e. The molecule has 0 nitrogen and oxygen atoms in total. The van der Waals surface area contributed by atoms with Crippen LogP contribution in [0.15, 0.2) is 61.0 Å². The number of halogens is 1. The molecular weight excluding hydrogens is 175 g/mol. The van der Waals surface area contributed by atoms with Gasteiger partial charge in [-0.15, -0.1) is 0 Å². The van der Waals surface area contributed by atoms with Gasteiger partial charge in [0, 0.05) is 0 Å². The Morgan fingerprint density at radius 2 is 1.93 bits per heavy atom. The molecule has 0 fully saturated rings. The predicted molar refractivity (Wildman–Crippen MR) is 59.5 cm³/mol. The third kappa shape index (κ3) is 3.02. The van der Waals surface area contributed by atoms with Crippen molar-refractivity contribution in [3.8, 4) is 0 Å². The lowest BCUT2D eigenvalue weighted by Crippen LogP contribution is -1.78. The maximum absolute atomic E-state index is 13.1. The Balaban J connectivity index is 2.90. The van der Waals surface area contributed by atoms with Gasteiger partial charge in [-0.25, -0.2) is 4.39 Å². The number of allylic oxidation sites excluding steroid dienone is 5. The molecule has 0 aliphatic carbocycles. The van der Waals surface area contributed by atoms with Gasteiger partial charge in [0.25, 0.3) is 0 Å². The van der Waals surface area contributed by atoms with E-state index in [4.69, 9.17) is 0 Å². The maximum Gasteiger partial charge on any atom is 0.123 e. The number of benzene rings is 1. The second-order valence-corrected chi connectivity index (χ2v) is 2.98. The fourth-order valence-corrected chi connectivity index (χ4v) is 1.15. The molecule has 1 aromatic rings. The van der Waals surface area contributed by atoms with Crippen molar-refractivity contribution in [3.63, 3.8) is 0 Å². The number of hydrogen-bond donors (Lipinski definition) is 0. The summed E-state index contributed by atoms with van der Waals surface area (Å²) < 4.78 is 13.1. The zero-order valence-electron chi connectivity index (χ0n) is 8.20. The van der Waals surface area contributed by atoms with Crippen molar-refractivity contribution in [3.05, 3.63) is 66.5 Å². The molecule has 1 rings (SSSR count). The fraction of sp³-hybridized carbons (Fsp3) is 0.0769. The van der Waals surface area contributed by atoms with E-state index < -0.39 is 0 Å². The summed E-state index contributed by atoms with van der Waals surface area (Å²) in [5, 5.41) is 0. The quantitative estimate of drug-likeness (QED) is 0.625. The van der Waals surface area contributed by atoms with Crippen LogP contribution in [0, 0.1) is 0 Å². The van der Waals surface area contributed by atoms with Crippen LogP contribution >= 0.6 is 0 Å². The summed E-state index contributed by atoms with van der Waals surface area (Å²) in [7, 11) is 0. The van der Waals surface area contributed by atoms with E-state index in [9.17, 15) is 4.39 Å². The highest BCUT2D eigenvalue weighted by Crippen LogP contribution is 2.15. The standard InChI is InChI=1S/C13H13F/c1-3-7-13(14)10-11(2)12-8-5-4-6-9-12/h3-10H,1H2,2H3/b11-10+,13-7+. The summed E-state index contributed by atoms with van der Waals surface area (Å²) in [6.45, 7) is 5.32. The van der Waals surface area contributed by atoms with Crippen LogP contribution in [0.25, 0.3) is 5.57 Å². The SMILES string of the molecule is C=C/C=C(F)\C=C(/C)c1ccccc1. The van der Waals surface area contributed by atoms with Crippen molar-refractivity contribution in [1.29, 1.82) is 0 Å². The molecule has 1 heteroatoms. The third-order valence-corrected chi connectivity index (χ3v) is 1.86. The maximum atomic E-state index is 13.1. The van der Waals surface area contributed by atoms with Gasteiger partial charge in [-0.3, -0.25) is 0 Å². The van der Waals surface area contributed by atoms with E-state index in [-0.39, 0.29) is 5.83 Å². The first-order valence-electron chi connectivity index (χ1n) is 4.46. The molecule has 0 heterocycles. The lowest BCUT2D eigenvalue weighted by Gasteiger charge is -1.99. The second kappa shape index (κ2) is 5.18. The first-order chi connectivity index (χ1) is 6.74. The second-order valence-electron chi connectivity index (χ2n) is 2.98. The van der Waals surface area contributed by atoms with E-state index in [1.807, 2.05) is 37.3 Å². The average Bonchev–Trinajstić information content (AvgIpc) is 2.19. The van der Waals surface area contributed by atoms with Gasteiger partial charge < -0.3 is 0 Å². The Morgan fingerprint density at radius 1 is 1.29 bits per heavy atom. The van der Waals surface area contributed by atoms with Crippen LogP contribution in [-0.4, -0.2) is 0 Å². The minimum atomic E-state index is -0.277. The molecule has 0 amide bonds. The highest BCUT2D eigenvalue weighted by molar-refractivity contribution is 5.65. The monoisotopic (exact) mass is 188 g/mol. The van der Waals surface area contributed by atoms with E-state index in [1.165, 1.54) is 18.2 Å². The van der Waals surface area contributed by atoms with E-state index in [0.29, 0.717) is 0 Å². The molecule has 0 saturated carbocycles. The Bertz CT molecular complexity index is 358. The molecule has 0 aromatic heterocycles. The topological polar surface area (TPSA) is 0 Å². The largest absolute Gasteiger partial charge is 0.207 e. The van der Waals surface area contributed by atoms with Crippen LogP contribution in [0.1, 0.15) is 12.5 Å². The van der Waals surface area contributed by atoms with Crippen LogP contribution < -0.4 is 0 Å². The van der Waals surface area contributed by atoms with Crippen LogP contribution in [0.4, 0.5) is 4.39 Å². The zero-order valence-corrected chi connectivity index (χ0v) is 8.20. The van der Waals surface area contributed by atoms with Gasteiger partial charge in [0.2, 0.25) is 0 Å². The van der Waals surface area contributed by atoms with Crippen molar-refractivity contribution in [2.75, 3.05) is 0 Å². The summed E-state index contributed by atoms with van der Waals surface area (Å²) in [5.41, 5.74) is 1.93. The van der Waals surface area contributed by atoms with E-state index in [0.717, 1.165) is 11.1 Å². The van der Waals surface area contributed by atoms with Crippen molar-refractivity contribution >= 4 is 5.57 Å². The van der Waals surface area contributed by atoms with Gasteiger partial charge in [0.05, 0.1) is 0 Å². The molecule has 0 aliphatic rings. The normalized spacial score (nSPS) is 12.7. The van der Waals surface area contributed by atoms with Gasteiger partial charge in [-0.2, -0.15) is 0 Å². The van der Waals surface area contributed by atoms with Crippen molar-refractivity contribution < 1.29 is 4.39 Å². The molecule has 1 aromatic carbocycles. The van der Waals surface area contributed by atoms with Gasteiger partial charge in [0.1, 0.15) is 5.83 Å². The summed E-state index contributed by atoms with van der Waals surface area (Å²) in [6, 6.07) is 9.70. The summed E-state index contributed by atoms with van der Waals surface area (Å²) >= 11 is 0. The molecule has 72 valence electrons. The Morgan fingerprint density at radius 3 is 2.50 bits per heavy atom. The van der Waals surface area contributed by atoms with Crippen molar-refractivity contribution in [2.45, 2.75) is 6.92 Å². The Labute approximate surface area is 84.1 Å². The highest BCUT2D eigenvalue weighted by Gasteiger charge is 1.94. The molecule has 0 atom stereocenters. The molecule has 0 bridgehead atoms. The molecule has 0 radical (unpaired) electrons. The highest BCUT2D eigenvalue weighted by atomic mass is 19.1. The summed E-state index contributed by atoms with van der Waals surface area (Å²) in [6.07, 6.45) is 4.27. The molecule has 0 unspecified atom stereocenters. The van der Waals surface area contributed by atoms with Crippen LogP contribution in [0.3, 0.4) is 0 Å². The van der Waals surface area contributed by atoms with Crippen molar-refractivity contribution in [1.82, 2.24) is 0 Å². The fourth-order valence-electron chi connectivity index (χ4n) is 1.15. The van der Waals surface area contributed by atoms with E-state index in [1.54, 1.807) is 0 Å². The molecule has 0 N–H and O–H groups in total. The van der Waals surface area contributed by atoms with Gasteiger partial charge in [0.15, 0.2) is 0 Å². The average molecular weight is 188 g/mol.